The second-order valence-corrected chi connectivity index (χ2v) is 6.15. The van der Waals surface area contributed by atoms with Crippen LogP contribution in [0.2, 0.25) is 5.02 Å². The van der Waals surface area contributed by atoms with Crippen molar-refractivity contribution < 1.29 is 4.79 Å². The van der Waals surface area contributed by atoms with E-state index in [0.29, 0.717) is 0 Å². The molecular weight excluding hydrogens is 246 g/mol. The molecule has 2 nitrogen and oxygen atoms in total. The number of hydrogen-bond acceptors (Lipinski definition) is 1. The first kappa shape index (κ1) is 12.0. The molecule has 18 heavy (non-hydrogen) atoms. The zero-order chi connectivity index (χ0) is 12.7. The Kier molecular flexibility index (Phi) is 3.06. The number of benzene rings is 1. The fourth-order valence-corrected chi connectivity index (χ4v) is 3.32. The molecule has 1 amide bonds. The molecule has 2 fully saturated rings. The van der Waals surface area contributed by atoms with Crippen molar-refractivity contribution in [3.8, 4) is 0 Å². The van der Waals surface area contributed by atoms with E-state index in [1.807, 2.05) is 31.2 Å². The second-order valence-electron chi connectivity index (χ2n) is 5.71. The van der Waals surface area contributed by atoms with Gasteiger partial charge in [0.2, 0.25) is 5.91 Å². The zero-order valence-electron chi connectivity index (χ0n) is 10.5. The molecule has 3 unspecified atom stereocenters. The smallest absolute Gasteiger partial charge is 0.223 e. The monoisotopic (exact) mass is 263 g/mol. The summed E-state index contributed by atoms with van der Waals surface area (Å²) in [5, 5.41) is 3.83. The summed E-state index contributed by atoms with van der Waals surface area (Å²) in [6, 6.07) is 7.73. The number of amides is 1. The molecule has 3 heteroatoms. The topological polar surface area (TPSA) is 29.1 Å². The van der Waals surface area contributed by atoms with Crippen LogP contribution < -0.4 is 5.32 Å². The third-order valence-corrected chi connectivity index (χ3v) is 4.56. The third-order valence-electron chi connectivity index (χ3n) is 4.32. The van der Waals surface area contributed by atoms with Gasteiger partial charge in [-0.25, -0.2) is 0 Å². The van der Waals surface area contributed by atoms with E-state index in [0.717, 1.165) is 35.3 Å². The molecule has 1 aromatic carbocycles. The molecule has 3 rings (SSSR count). The molecule has 3 atom stereocenters. The van der Waals surface area contributed by atoms with E-state index in [1.54, 1.807) is 0 Å². The van der Waals surface area contributed by atoms with Crippen LogP contribution in [-0.4, -0.2) is 5.91 Å². The lowest BCUT2D eigenvalue weighted by Gasteiger charge is -2.18. The van der Waals surface area contributed by atoms with Gasteiger partial charge in [0, 0.05) is 10.9 Å². The van der Waals surface area contributed by atoms with Crippen molar-refractivity contribution in [2.75, 3.05) is 0 Å². The molecule has 96 valence electrons. The van der Waals surface area contributed by atoms with E-state index in [4.69, 9.17) is 11.6 Å². The van der Waals surface area contributed by atoms with Gasteiger partial charge >= 0.3 is 0 Å². The molecule has 2 aliphatic rings. The molecule has 0 aliphatic heterocycles. The summed E-state index contributed by atoms with van der Waals surface area (Å²) in [6.45, 7) is 2.01. The predicted octanol–water partition coefficient (Wildman–Crippen LogP) is 3.56. The molecule has 0 bridgehead atoms. The fraction of sp³-hybridized carbons (Fsp3) is 0.533. The summed E-state index contributed by atoms with van der Waals surface area (Å²) in [5.74, 6) is 2.16. The van der Waals surface area contributed by atoms with Crippen LogP contribution >= 0.6 is 11.6 Å². The van der Waals surface area contributed by atoms with Crippen molar-refractivity contribution in [1.82, 2.24) is 5.32 Å². The highest BCUT2D eigenvalue weighted by atomic mass is 35.5. The lowest BCUT2D eigenvalue weighted by Crippen LogP contribution is -2.32. The second kappa shape index (κ2) is 4.58. The van der Waals surface area contributed by atoms with Gasteiger partial charge in [-0.05, 0) is 55.7 Å². The largest absolute Gasteiger partial charge is 0.349 e. The van der Waals surface area contributed by atoms with Crippen LogP contribution in [0.4, 0.5) is 0 Å². The van der Waals surface area contributed by atoms with Crippen LogP contribution in [-0.2, 0) is 4.79 Å². The minimum absolute atomic E-state index is 0.0353. The molecule has 0 saturated heterocycles. The lowest BCUT2D eigenvalue weighted by molar-refractivity contribution is -0.125. The third kappa shape index (κ3) is 2.39. The Hall–Kier alpha value is -1.02. The van der Waals surface area contributed by atoms with Gasteiger partial charge in [0.1, 0.15) is 0 Å². The molecule has 1 N–H and O–H groups in total. The summed E-state index contributed by atoms with van der Waals surface area (Å²) in [4.78, 5) is 12.1. The lowest BCUT2D eigenvalue weighted by atomic mass is 10.0. The molecule has 0 aromatic heterocycles. The normalized spacial score (nSPS) is 30.7. The number of hydrogen-bond donors (Lipinski definition) is 1. The van der Waals surface area contributed by atoms with Crippen LogP contribution in [0.5, 0.6) is 0 Å². The summed E-state index contributed by atoms with van der Waals surface area (Å²) >= 11 is 5.96. The number of rotatable bonds is 3. The van der Waals surface area contributed by atoms with Gasteiger partial charge in [-0.15, -0.1) is 0 Å². The Bertz CT molecular complexity index is 463. The van der Waals surface area contributed by atoms with Crippen molar-refractivity contribution in [2.45, 2.75) is 32.2 Å². The first-order valence-corrected chi connectivity index (χ1v) is 7.07. The van der Waals surface area contributed by atoms with E-state index >= 15 is 0 Å². The van der Waals surface area contributed by atoms with Crippen LogP contribution in [0.1, 0.15) is 37.8 Å². The van der Waals surface area contributed by atoms with E-state index in [2.05, 4.69) is 5.32 Å². The Balaban J connectivity index is 1.60. The quantitative estimate of drug-likeness (QED) is 0.888. The van der Waals surface area contributed by atoms with Crippen LogP contribution in [0.25, 0.3) is 0 Å². The van der Waals surface area contributed by atoms with Crippen molar-refractivity contribution in [1.29, 1.82) is 0 Å². The molecule has 2 saturated carbocycles. The van der Waals surface area contributed by atoms with Gasteiger partial charge in [0.15, 0.2) is 0 Å². The van der Waals surface area contributed by atoms with Crippen molar-refractivity contribution in [3.05, 3.63) is 34.9 Å². The highest BCUT2D eigenvalue weighted by Gasteiger charge is 2.48. The minimum atomic E-state index is 0.0353. The van der Waals surface area contributed by atoms with E-state index in [-0.39, 0.29) is 17.9 Å². The minimum Gasteiger partial charge on any atom is -0.349 e. The van der Waals surface area contributed by atoms with Crippen LogP contribution in [0.15, 0.2) is 24.3 Å². The summed E-state index contributed by atoms with van der Waals surface area (Å²) < 4.78 is 0. The molecule has 0 radical (unpaired) electrons. The van der Waals surface area contributed by atoms with E-state index in [1.165, 1.54) is 6.42 Å². The summed E-state index contributed by atoms with van der Waals surface area (Å²) in [7, 11) is 0. The van der Waals surface area contributed by atoms with E-state index < -0.39 is 0 Å². The number of carbonyl (C=O) groups excluding carboxylic acids is 1. The molecule has 0 heterocycles. The average Bonchev–Trinajstić information content (AvgIpc) is 2.96. The maximum atomic E-state index is 12.1. The van der Waals surface area contributed by atoms with Crippen molar-refractivity contribution in [2.24, 2.45) is 17.8 Å². The van der Waals surface area contributed by atoms with Gasteiger partial charge in [0.25, 0.3) is 0 Å². The summed E-state index contributed by atoms with van der Waals surface area (Å²) in [5.41, 5.74) is 1.07. The maximum Gasteiger partial charge on any atom is 0.223 e. The van der Waals surface area contributed by atoms with Gasteiger partial charge in [-0.1, -0.05) is 23.7 Å². The highest BCUT2D eigenvalue weighted by molar-refractivity contribution is 6.30. The first-order valence-electron chi connectivity index (χ1n) is 6.69. The SMILES string of the molecule is CC(NC(=O)C1CC2CC2C1)c1cccc(Cl)c1. The number of fused-ring (bicyclic) bond motifs is 1. The Morgan fingerprint density at radius 2 is 2.06 bits per heavy atom. The Morgan fingerprint density at radius 1 is 1.33 bits per heavy atom. The first-order chi connectivity index (χ1) is 8.63. The number of carbonyl (C=O) groups is 1. The zero-order valence-corrected chi connectivity index (χ0v) is 11.3. The van der Waals surface area contributed by atoms with Crippen LogP contribution in [0.3, 0.4) is 0 Å². The average molecular weight is 264 g/mol. The van der Waals surface area contributed by atoms with Gasteiger partial charge in [0.05, 0.1) is 6.04 Å². The standard InChI is InChI=1S/C15H18ClNO/c1-9(10-3-2-4-14(16)8-10)17-15(18)13-6-11-5-12(11)7-13/h2-4,8-9,11-13H,5-7H2,1H3,(H,17,18). The number of nitrogens with one attached hydrogen (secondary N) is 1. The van der Waals surface area contributed by atoms with E-state index in [9.17, 15) is 4.79 Å². The van der Waals surface area contributed by atoms with Crippen molar-refractivity contribution >= 4 is 17.5 Å². The predicted molar refractivity (Wildman–Crippen MR) is 72.3 cm³/mol. The fourth-order valence-electron chi connectivity index (χ4n) is 3.12. The van der Waals surface area contributed by atoms with Crippen molar-refractivity contribution in [3.63, 3.8) is 0 Å². The number of halogens is 1. The highest BCUT2D eigenvalue weighted by Crippen LogP contribution is 2.54. The molecule has 0 spiro atoms. The molecular formula is C15H18ClNO. The van der Waals surface area contributed by atoms with Crippen LogP contribution in [0, 0.1) is 17.8 Å². The summed E-state index contributed by atoms with van der Waals surface area (Å²) in [6.07, 6.45) is 3.55. The molecule has 2 aliphatic carbocycles. The maximum absolute atomic E-state index is 12.1. The Labute approximate surface area is 113 Å². The Morgan fingerprint density at radius 3 is 2.72 bits per heavy atom. The van der Waals surface area contributed by atoms with Gasteiger partial charge < -0.3 is 5.32 Å². The van der Waals surface area contributed by atoms with Gasteiger partial charge in [-0.3, -0.25) is 4.79 Å². The van der Waals surface area contributed by atoms with Gasteiger partial charge in [-0.2, -0.15) is 0 Å². The molecule has 1 aromatic rings.